The zero-order valence-corrected chi connectivity index (χ0v) is 14.8. The van der Waals surface area contributed by atoms with Crippen molar-refractivity contribution < 1.29 is 28.5 Å². The number of carbonyl (C=O) groups excluding carboxylic acids is 2. The third kappa shape index (κ3) is 3.68. The molecule has 6 nitrogen and oxygen atoms in total. The fraction of sp³-hybridized carbons (Fsp3) is 0.368. The highest BCUT2D eigenvalue weighted by Gasteiger charge is 2.50. The molecule has 0 amide bonds. The zero-order valence-electron chi connectivity index (χ0n) is 14.8. The van der Waals surface area contributed by atoms with E-state index < -0.39 is 17.4 Å². The molecular formula is C19H22O6. The Bertz CT molecular complexity index is 701. The van der Waals surface area contributed by atoms with Gasteiger partial charge in [-0.25, -0.2) is 0 Å². The normalized spacial score (nSPS) is 15.6. The minimum absolute atomic E-state index is 0.246. The molecule has 0 bridgehead atoms. The van der Waals surface area contributed by atoms with Crippen LogP contribution in [0, 0.1) is 5.41 Å². The van der Waals surface area contributed by atoms with Gasteiger partial charge in [0.2, 0.25) is 0 Å². The predicted molar refractivity (Wildman–Crippen MR) is 92.4 cm³/mol. The molecule has 0 heterocycles. The quantitative estimate of drug-likeness (QED) is 0.583. The molecule has 1 aromatic rings. The molecule has 0 saturated carbocycles. The zero-order chi connectivity index (χ0) is 18.4. The van der Waals surface area contributed by atoms with Crippen molar-refractivity contribution in [3.05, 3.63) is 41.5 Å². The fourth-order valence-electron chi connectivity index (χ4n) is 2.87. The lowest BCUT2D eigenvalue weighted by molar-refractivity contribution is -0.168. The van der Waals surface area contributed by atoms with Gasteiger partial charge in [0.1, 0.15) is 0 Å². The summed E-state index contributed by atoms with van der Waals surface area (Å²) >= 11 is 0. The lowest BCUT2D eigenvalue weighted by Crippen LogP contribution is -2.39. The molecule has 0 fully saturated rings. The van der Waals surface area contributed by atoms with Crippen LogP contribution < -0.4 is 9.47 Å². The van der Waals surface area contributed by atoms with E-state index in [2.05, 4.69) is 0 Å². The number of hydrogen-bond acceptors (Lipinski definition) is 6. The van der Waals surface area contributed by atoms with Crippen molar-refractivity contribution in [3.63, 3.8) is 0 Å². The van der Waals surface area contributed by atoms with E-state index in [1.165, 1.54) is 14.2 Å². The SMILES string of the molecule is COC(=O)C1(C(=O)OC)CC=C(/C=C\c2ccc(OC)c(OC)c2)C1. The van der Waals surface area contributed by atoms with Crippen LogP contribution in [0.3, 0.4) is 0 Å². The van der Waals surface area contributed by atoms with E-state index in [9.17, 15) is 9.59 Å². The van der Waals surface area contributed by atoms with Gasteiger partial charge in [-0.1, -0.05) is 29.9 Å². The second kappa shape index (κ2) is 7.88. The van der Waals surface area contributed by atoms with E-state index in [0.717, 1.165) is 11.1 Å². The molecule has 1 aliphatic rings. The topological polar surface area (TPSA) is 71.1 Å². The van der Waals surface area contributed by atoms with Crippen LogP contribution in [0.1, 0.15) is 18.4 Å². The molecule has 6 heteroatoms. The van der Waals surface area contributed by atoms with E-state index in [0.29, 0.717) is 11.5 Å². The third-order valence-corrected chi connectivity index (χ3v) is 4.27. The van der Waals surface area contributed by atoms with Crippen LogP contribution in [0.5, 0.6) is 11.5 Å². The number of methoxy groups -OCH3 is 4. The van der Waals surface area contributed by atoms with Crippen LogP contribution in [0.2, 0.25) is 0 Å². The number of esters is 2. The maximum atomic E-state index is 12.1. The van der Waals surface area contributed by atoms with Gasteiger partial charge in [0.15, 0.2) is 16.9 Å². The molecule has 1 aliphatic carbocycles. The molecule has 25 heavy (non-hydrogen) atoms. The Balaban J connectivity index is 2.18. The number of carbonyl (C=O) groups is 2. The Hall–Kier alpha value is -2.76. The highest BCUT2D eigenvalue weighted by atomic mass is 16.5. The van der Waals surface area contributed by atoms with Gasteiger partial charge in [-0.3, -0.25) is 9.59 Å². The second-order valence-electron chi connectivity index (χ2n) is 5.67. The van der Waals surface area contributed by atoms with Crippen molar-refractivity contribution >= 4 is 18.0 Å². The average Bonchev–Trinajstić information content (AvgIpc) is 3.10. The van der Waals surface area contributed by atoms with Crippen molar-refractivity contribution in [1.29, 1.82) is 0 Å². The molecule has 0 N–H and O–H groups in total. The van der Waals surface area contributed by atoms with E-state index in [1.54, 1.807) is 14.2 Å². The van der Waals surface area contributed by atoms with E-state index in [4.69, 9.17) is 18.9 Å². The molecule has 0 aromatic heterocycles. The van der Waals surface area contributed by atoms with E-state index >= 15 is 0 Å². The van der Waals surface area contributed by atoms with Crippen molar-refractivity contribution in [2.24, 2.45) is 5.41 Å². The van der Waals surface area contributed by atoms with Crippen molar-refractivity contribution in [3.8, 4) is 11.5 Å². The highest BCUT2D eigenvalue weighted by Crippen LogP contribution is 2.40. The van der Waals surface area contributed by atoms with Gasteiger partial charge < -0.3 is 18.9 Å². The lowest BCUT2D eigenvalue weighted by atomic mass is 9.84. The summed E-state index contributed by atoms with van der Waals surface area (Å²) in [5.74, 6) is 0.119. The smallest absolute Gasteiger partial charge is 0.323 e. The highest BCUT2D eigenvalue weighted by molar-refractivity contribution is 6.01. The summed E-state index contributed by atoms with van der Waals surface area (Å²) in [4.78, 5) is 24.2. The monoisotopic (exact) mass is 346 g/mol. The first-order chi connectivity index (χ1) is 12.0. The second-order valence-corrected chi connectivity index (χ2v) is 5.67. The van der Waals surface area contributed by atoms with Gasteiger partial charge in [-0.15, -0.1) is 0 Å². The molecule has 0 spiro atoms. The predicted octanol–water partition coefficient (Wildman–Crippen LogP) is 2.77. The third-order valence-electron chi connectivity index (χ3n) is 4.27. The molecule has 0 unspecified atom stereocenters. The molecule has 1 aromatic carbocycles. The Morgan fingerprint density at radius 2 is 1.60 bits per heavy atom. The summed E-state index contributed by atoms with van der Waals surface area (Å²) in [6, 6.07) is 5.55. The van der Waals surface area contributed by atoms with Crippen molar-refractivity contribution in [2.45, 2.75) is 12.8 Å². The average molecular weight is 346 g/mol. The van der Waals surface area contributed by atoms with Crippen LogP contribution in [0.4, 0.5) is 0 Å². The largest absolute Gasteiger partial charge is 0.493 e. The summed E-state index contributed by atoms with van der Waals surface area (Å²) in [6.45, 7) is 0. The van der Waals surface area contributed by atoms with Gasteiger partial charge in [-0.2, -0.15) is 0 Å². The van der Waals surface area contributed by atoms with E-state index in [1.807, 2.05) is 36.4 Å². The molecule has 134 valence electrons. The number of ether oxygens (including phenoxy) is 4. The Morgan fingerprint density at radius 3 is 2.16 bits per heavy atom. The lowest BCUT2D eigenvalue weighted by Gasteiger charge is -2.22. The molecule has 0 aliphatic heterocycles. The molecule has 2 rings (SSSR count). The first-order valence-corrected chi connectivity index (χ1v) is 7.76. The van der Waals surface area contributed by atoms with Crippen LogP contribution >= 0.6 is 0 Å². The van der Waals surface area contributed by atoms with Crippen LogP contribution in [-0.2, 0) is 19.1 Å². The number of hydrogen-bond donors (Lipinski definition) is 0. The maximum absolute atomic E-state index is 12.1. The van der Waals surface area contributed by atoms with Gasteiger partial charge in [0.05, 0.1) is 28.4 Å². The Morgan fingerprint density at radius 1 is 0.960 bits per heavy atom. The maximum Gasteiger partial charge on any atom is 0.323 e. The summed E-state index contributed by atoms with van der Waals surface area (Å²) in [5.41, 5.74) is 0.485. The number of benzene rings is 1. The van der Waals surface area contributed by atoms with E-state index in [-0.39, 0.29) is 12.8 Å². The van der Waals surface area contributed by atoms with Crippen molar-refractivity contribution in [2.75, 3.05) is 28.4 Å². The summed E-state index contributed by atoms with van der Waals surface area (Å²) in [6.07, 6.45) is 6.12. The van der Waals surface area contributed by atoms with Crippen molar-refractivity contribution in [1.82, 2.24) is 0 Å². The van der Waals surface area contributed by atoms with Crippen LogP contribution in [0.15, 0.2) is 35.9 Å². The number of rotatable bonds is 6. The molecular weight excluding hydrogens is 324 g/mol. The van der Waals surface area contributed by atoms with Gasteiger partial charge in [0.25, 0.3) is 0 Å². The van der Waals surface area contributed by atoms with Crippen LogP contribution in [0.25, 0.3) is 6.08 Å². The first-order valence-electron chi connectivity index (χ1n) is 7.76. The molecule has 0 radical (unpaired) electrons. The van der Waals surface area contributed by atoms with Gasteiger partial charge in [0, 0.05) is 0 Å². The molecule has 0 atom stereocenters. The summed E-state index contributed by atoms with van der Waals surface area (Å²) < 4.78 is 20.1. The minimum Gasteiger partial charge on any atom is -0.493 e. The fourth-order valence-corrected chi connectivity index (χ4v) is 2.87. The Kier molecular flexibility index (Phi) is 5.85. The Labute approximate surface area is 147 Å². The van der Waals surface area contributed by atoms with Gasteiger partial charge in [-0.05, 0) is 30.5 Å². The minimum atomic E-state index is -1.29. The number of allylic oxidation sites excluding steroid dienone is 3. The molecule has 0 saturated heterocycles. The standard InChI is InChI=1S/C19H22O6/c1-22-15-8-7-13(11-16(15)23-2)5-6-14-9-10-19(12-14,17(20)24-3)18(21)25-4/h5-9,11H,10,12H2,1-4H3/b6-5-. The summed E-state index contributed by atoms with van der Waals surface area (Å²) in [5, 5.41) is 0. The van der Waals surface area contributed by atoms with Gasteiger partial charge >= 0.3 is 11.9 Å². The van der Waals surface area contributed by atoms with Crippen LogP contribution in [-0.4, -0.2) is 40.4 Å². The first kappa shape index (κ1) is 18.6. The summed E-state index contributed by atoms with van der Waals surface area (Å²) in [7, 11) is 5.69.